The fourth-order valence-electron chi connectivity index (χ4n) is 1.20. The predicted octanol–water partition coefficient (Wildman–Crippen LogP) is 2.98. The van der Waals surface area contributed by atoms with Gasteiger partial charge in [0, 0.05) is 6.92 Å². The Morgan fingerprint density at radius 1 is 1.29 bits per heavy atom. The second-order valence-corrected chi connectivity index (χ2v) is 2.87. The van der Waals surface area contributed by atoms with Crippen LogP contribution in [-0.2, 0) is 4.79 Å². The Labute approximate surface area is 86.5 Å². The monoisotopic (exact) mass is 202 g/mol. The molecule has 0 heterocycles. The third kappa shape index (κ3) is 5.55. The topological polar surface area (TPSA) is 96.1 Å². The van der Waals surface area contributed by atoms with Gasteiger partial charge < -0.3 is 11.3 Å². The molecule has 0 radical (unpaired) electrons. The van der Waals surface area contributed by atoms with E-state index in [1.807, 2.05) is 20.8 Å². The Morgan fingerprint density at radius 3 is 1.50 bits per heavy atom. The van der Waals surface area contributed by atoms with Gasteiger partial charge in [-0.1, -0.05) is 20.8 Å². The van der Waals surface area contributed by atoms with Crippen LogP contribution in [0, 0.1) is 16.7 Å². The molecular formula is C10H22N2O2. The lowest BCUT2D eigenvalue weighted by Gasteiger charge is -2.24. The molecule has 0 rings (SSSR count). The molecule has 0 fully saturated rings. The first-order valence-corrected chi connectivity index (χ1v) is 4.58. The van der Waals surface area contributed by atoms with E-state index in [0.717, 1.165) is 19.3 Å². The summed E-state index contributed by atoms with van der Waals surface area (Å²) in [4.78, 5) is 10.7. The fraction of sp³-hybridized carbons (Fsp3) is 0.800. The predicted molar refractivity (Wildman–Crippen MR) is 57.3 cm³/mol. The number of nitriles is 1. The van der Waals surface area contributed by atoms with E-state index in [9.17, 15) is 4.79 Å². The van der Waals surface area contributed by atoms with Crippen LogP contribution in [0.5, 0.6) is 0 Å². The SMILES string of the molecule is CC#N.CCC(CC)(CC)C(=O)O.N. The standard InChI is InChI=1S/C8H16O2.C2H3N.H3N/c1-4-8(5-2,6-3)7(9)10;1-2-3;/h4-6H2,1-3H3,(H,9,10);1H3;1H3. The van der Waals surface area contributed by atoms with E-state index in [0.29, 0.717) is 0 Å². The zero-order valence-electron chi connectivity index (χ0n) is 9.63. The van der Waals surface area contributed by atoms with Crippen molar-refractivity contribution in [1.29, 1.82) is 5.26 Å². The first-order chi connectivity index (χ1) is 6.04. The van der Waals surface area contributed by atoms with Crippen LogP contribution < -0.4 is 6.15 Å². The van der Waals surface area contributed by atoms with Gasteiger partial charge in [0.05, 0.1) is 11.5 Å². The third-order valence-electron chi connectivity index (χ3n) is 2.48. The summed E-state index contributed by atoms with van der Waals surface area (Å²) in [6.07, 6.45) is 2.19. The van der Waals surface area contributed by atoms with Crippen molar-refractivity contribution < 1.29 is 9.90 Å². The molecule has 0 aliphatic heterocycles. The average molecular weight is 202 g/mol. The number of carbonyl (C=O) groups is 1. The molecule has 0 unspecified atom stereocenters. The second kappa shape index (κ2) is 10.0. The smallest absolute Gasteiger partial charge is 0.309 e. The normalized spacial score (nSPS) is 8.79. The first-order valence-electron chi connectivity index (χ1n) is 4.58. The summed E-state index contributed by atoms with van der Waals surface area (Å²) in [5, 5.41) is 16.1. The van der Waals surface area contributed by atoms with E-state index < -0.39 is 11.4 Å². The van der Waals surface area contributed by atoms with Crippen LogP contribution in [0.15, 0.2) is 0 Å². The molecule has 0 aliphatic carbocycles. The van der Waals surface area contributed by atoms with Crippen molar-refractivity contribution in [2.45, 2.75) is 47.0 Å². The van der Waals surface area contributed by atoms with Gasteiger partial charge in [0.2, 0.25) is 0 Å². The van der Waals surface area contributed by atoms with Crippen LogP contribution in [-0.4, -0.2) is 11.1 Å². The molecule has 0 aromatic heterocycles. The molecule has 4 nitrogen and oxygen atoms in total. The molecule has 4 heteroatoms. The van der Waals surface area contributed by atoms with E-state index in [1.54, 1.807) is 6.07 Å². The molecule has 0 bridgehead atoms. The molecule has 0 aliphatic rings. The van der Waals surface area contributed by atoms with Gasteiger partial charge in [-0.3, -0.25) is 4.79 Å². The molecule has 0 saturated carbocycles. The van der Waals surface area contributed by atoms with E-state index in [1.165, 1.54) is 6.92 Å². The highest BCUT2D eigenvalue weighted by atomic mass is 16.4. The summed E-state index contributed by atoms with van der Waals surface area (Å²) in [6.45, 7) is 7.23. The first kappa shape index (κ1) is 18.7. The highest BCUT2D eigenvalue weighted by Gasteiger charge is 2.32. The molecule has 0 amide bonds. The minimum atomic E-state index is -0.653. The van der Waals surface area contributed by atoms with Crippen LogP contribution in [0.3, 0.4) is 0 Å². The van der Waals surface area contributed by atoms with Crippen LogP contribution >= 0.6 is 0 Å². The highest BCUT2D eigenvalue weighted by molar-refractivity contribution is 5.74. The van der Waals surface area contributed by atoms with Crippen molar-refractivity contribution in [3.05, 3.63) is 0 Å². The van der Waals surface area contributed by atoms with Crippen LogP contribution in [0.4, 0.5) is 0 Å². The molecule has 84 valence electrons. The van der Waals surface area contributed by atoms with Crippen molar-refractivity contribution in [2.24, 2.45) is 5.41 Å². The number of rotatable bonds is 4. The van der Waals surface area contributed by atoms with Crippen molar-refractivity contribution in [1.82, 2.24) is 6.15 Å². The third-order valence-corrected chi connectivity index (χ3v) is 2.48. The maximum absolute atomic E-state index is 10.7. The Bertz CT molecular complexity index is 173. The molecule has 0 aromatic rings. The van der Waals surface area contributed by atoms with Crippen LogP contribution in [0.1, 0.15) is 47.0 Å². The number of nitrogens with zero attached hydrogens (tertiary/aromatic N) is 1. The van der Waals surface area contributed by atoms with Crippen LogP contribution in [0.25, 0.3) is 0 Å². The Hall–Kier alpha value is -1.08. The van der Waals surface area contributed by atoms with Gasteiger partial charge in [-0.2, -0.15) is 5.26 Å². The van der Waals surface area contributed by atoms with E-state index in [2.05, 4.69) is 0 Å². The van der Waals surface area contributed by atoms with Gasteiger partial charge in [0.1, 0.15) is 0 Å². The lowest BCUT2D eigenvalue weighted by atomic mass is 9.80. The summed E-state index contributed by atoms with van der Waals surface area (Å²) in [5.41, 5.74) is -0.458. The second-order valence-electron chi connectivity index (χ2n) is 2.87. The summed E-state index contributed by atoms with van der Waals surface area (Å²) >= 11 is 0. The maximum atomic E-state index is 10.7. The molecular weight excluding hydrogens is 180 g/mol. The van der Waals surface area contributed by atoms with Gasteiger partial charge >= 0.3 is 5.97 Å². The fourth-order valence-corrected chi connectivity index (χ4v) is 1.20. The summed E-state index contributed by atoms with van der Waals surface area (Å²) in [6, 6.07) is 1.75. The molecule has 0 aromatic carbocycles. The zero-order valence-corrected chi connectivity index (χ0v) is 9.63. The Kier molecular flexibility index (Phi) is 13.3. The molecule has 0 saturated heterocycles. The van der Waals surface area contributed by atoms with E-state index in [4.69, 9.17) is 10.4 Å². The van der Waals surface area contributed by atoms with Gasteiger partial charge in [0.25, 0.3) is 0 Å². The van der Waals surface area contributed by atoms with Gasteiger partial charge in [-0.15, -0.1) is 0 Å². The number of carboxylic acid groups (broad SMARTS) is 1. The minimum Gasteiger partial charge on any atom is -0.481 e. The largest absolute Gasteiger partial charge is 0.481 e. The van der Waals surface area contributed by atoms with Crippen molar-refractivity contribution in [3.63, 3.8) is 0 Å². The van der Waals surface area contributed by atoms with Crippen molar-refractivity contribution >= 4 is 5.97 Å². The van der Waals surface area contributed by atoms with Crippen LogP contribution in [0.2, 0.25) is 0 Å². The number of hydrogen-bond donors (Lipinski definition) is 2. The summed E-state index contributed by atoms with van der Waals surface area (Å²) < 4.78 is 0. The quantitative estimate of drug-likeness (QED) is 0.732. The average Bonchev–Trinajstić information content (AvgIpc) is 2.09. The number of aliphatic carboxylic acids is 1. The lowest BCUT2D eigenvalue weighted by molar-refractivity contribution is -0.149. The molecule has 0 atom stereocenters. The van der Waals surface area contributed by atoms with Crippen molar-refractivity contribution in [3.8, 4) is 6.07 Å². The number of hydrogen-bond acceptors (Lipinski definition) is 3. The molecule has 4 N–H and O–H groups in total. The summed E-state index contributed by atoms with van der Waals surface area (Å²) in [5.74, 6) is -0.653. The van der Waals surface area contributed by atoms with E-state index in [-0.39, 0.29) is 6.15 Å². The lowest BCUT2D eigenvalue weighted by Crippen LogP contribution is -2.28. The van der Waals surface area contributed by atoms with Gasteiger partial charge in [-0.05, 0) is 19.3 Å². The summed E-state index contributed by atoms with van der Waals surface area (Å²) in [7, 11) is 0. The maximum Gasteiger partial charge on any atom is 0.309 e. The zero-order chi connectivity index (χ0) is 10.9. The van der Waals surface area contributed by atoms with Gasteiger partial charge in [0.15, 0.2) is 0 Å². The molecule has 0 spiro atoms. The molecule has 14 heavy (non-hydrogen) atoms. The Morgan fingerprint density at radius 2 is 1.50 bits per heavy atom. The highest BCUT2D eigenvalue weighted by Crippen LogP contribution is 2.30. The van der Waals surface area contributed by atoms with E-state index >= 15 is 0 Å². The number of carboxylic acids is 1. The van der Waals surface area contributed by atoms with Crippen molar-refractivity contribution in [2.75, 3.05) is 0 Å². The van der Waals surface area contributed by atoms with Gasteiger partial charge in [-0.25, -0.2) is 0 Å². The Balaban J connectivity index is -0.000000267. The minimum absolute atomic E-state index is 0.